The van der Waals surface area contributed by atoms with Crippen molar-refractivity contribution in [1.82, 2.24) is 0 Å². The van der Waals surface area contributed by atoms with Crippen LogP contribution >= 0.6 is 0 Å². The lowest BCUT2D eigenvalue weighted by Crippen LogP contribution is -2.46. The average molecular weight is 270 g/mol. The van der Waals surface area contributed by atoms with Crippen LogP contribution in [0, 0.1) is 11.3 Å². The van der Waals surface area contributed by atoms with Gasteiger partial charge in [-0.15, -0.1) is 0 Å². The molecule has 5 heteroatoms. The van der Waals surface area contributed by atoms with Crippen molar-refractivity contribution in [3.05, 3.63) is 0 Å². The van der Waals surface area contributed by atoms with Gasteiger partial charge in [-0.25, -0.2) is 0 Å². The molecule has 0 aliphatic heterocycles. The van der Waals surface area contributed by atoms with Crippen LogP contribution in [-0.4, -0.2) is 29.9 Å². The molecule has 2 atom stereocenters. The number of hydrogen-bond acceptors (Lipinski definition) is 4. The minimum absolute atomic E-state index is 0.0371. The average Bonchev–Trinajstić information content (AvgIpc) is 2.80. The van der Waals surface area contributed by atoms with Gasteiger partial charge in [0.2, 0.25) is 0 Å². The Morgan fingerprint density at radius 1 is 1.42 bits per heavy atom. The zero-order valence-electron chi connectivity index (χ0n) is 11.6. The first-order valence-electron chi connectivity index (χ1n) is 6.82. The maximum Gasteiger partial charge on any atom is 0.323 e. The molecule has 0 aromatic carbocycles. The Kier molecular flexibility index (Phi) is 5.51. The van der Waals surface area contributed by atoms with Crippen LogP contribution in [0.25, 0.3) is 0 Å². The van der Waals surface area contributed by atoms with Gasteiger partial charge in [0.1, 0.15) is 5.78 Å². The monoisotopic (exact) mass is 270 g/mol. The van der Waals surface area contributed by atoms with Crippen LogP contribution in [0.4, 0.5) is 0 Å². The molecule has 108 valence electrons. The van der Waals surface area contributed by atoms with Crippen LogP contribution < -0.4 is 0 Å². The molecule has 0 radical (unpaired) electrons. The fraction of sp³-hybridized carbons (Fsp3) is 0.786. The van der Waals surface area contributed by atoms with Gasteiger partial charge in [0.05, 0.1) is 7.11 Å². The van der Waals surface area contributed by atoms with Gasteiger partial charge in [-0.2, -0.15) is 0 Å². The van der Waals surface area contributed by atoms with E-state index in [1.165, 1.54) is 7.11 Å². The van der Waals surface area contributed by atoms with E-state index < -0.39 is 23.3 Å². The van der Waals surface area contributed by atoms with Crippen LogP contribution in [0.5, 0.6) is 0 Å². The second-order valence-electron chi connectivity index (χ2n) is 5.20. The first kappa shape index (κ1) is 15.7. The summed E-state index contributed by atoms with van der Waals surface area (Å²) in [5.41, 5.74) is -1.55. The van der Waals surface area contributed by atoms with E-state index in [4.69, 9.17) is 4.74 Å². The van der Waals surface area contributed by atoms with Gasteiger partial charge in [-0.1, -0.05) is 26.2 Å². The third-order valence-corrected chi connectivity index (χ3v) is 4.05. The number of hydrogen-bond donors (Lipinski definition) is 1. The zero-order chi connectivity index (χ0) is 14.5. The summed E-state index contributed by atoms with van der Waals surface area (Å²) in [7, 11) is 1.20. The molecule has 0 heterocycles. The molecule has 0 saturated heterocycles. The van der Waals surface area contributed by atoms with E-state index in [2.05, 4.69) is 0 Å². The first-order valence-corrected chi connectivity index (χ1v) is 6.82. The second-order valence-corrected chi connectivity index (χ2v) is 5.20. The standard InChI is InChI=1S/C14H22O5/c1-3-4-5-8-14(12(16)17,13(18)19-2)10-6-7-11(15)9-10/h10H,3-9H2,1-2H3,(H,16,17). The summed E-state index contributed by atoms with van der Waals surface area (Å²) < 4.78 is 4.72. The van der Waals surface area contributed by atoms with Crippen LogP contribution in [0.3, 0.4) is 0 Å². The number of ether oxygens (including phenoxy) is 1. The highest BCUT2D eigenvalue weighted by Gasteiger charge is 2.54. The van der Waals surface area contributed by atoms with Gasteiger partial charge in [0.25, 0.3) is 0 Å². The summed E-state index contributed by atoms with van der Waals surface area (Å²) >= 11 is 0. The van der Waals surface area contributed by atoms with Crippen LogP contribution in [0.15, 0.2) is 0 Å². The highest BCUT2D eigenvalue weighted by Crippen LogP contribution is 2.43. The van der Waals surface area contributed by atoms with Crippen molar-refractivity contribution in [2.75, 3.05) is 7.11 Å². The number of Topliss-reactive ketones (excluding diaryl/α,β-unsaturated/α-hetero) is 1. The van der Waals surface area contributed by atoms with Crippen molar-refractivity contribution in [2.45, 2.75) is 51.9 Å². The molecule has 1 fully saturated rings. The lowest BCUT2D eigenvalue weighted by molar-refractivity contribution is -0.172. The van der Waals surface area contributed by atoms with Crippen LogP contribution in [0.2, 0.25) is 0 Å². The number of rotatable bonds is 7. The number of ketones is 1. The Hall–Kier alpha value is -1.39. The summed E-state index contributed by atoms with van der Waals surface area (Å²) in [6.07, 6.45) is 3.72. The molecular formula is C14H22O5. The molecule has 0 bridgehead atoms. The smallest absolute Gasteiger partial charge is 0.323 e. The molecule has 0 aromatic rings. The fourth-order valence-corrected chi connectivity index (χ4v) is 2.91. The highest BCUT2D eigenvalue weighted by atomic mass is 16.5. The Morgan fingerprint density at radius 3 is 2.53 bits per heavy atom. The molecule has 2 unspecified atom stereocenters. The Labute approximate surface area is 113 Å². The van der Waals surface area contributed by atoms with Gasteiger partial charge in [-0.05, 0) is 18.8 Å². The molecular weight excluding hydrogens is 248 g/mol. The number of unbranched alkanes of at least 4 members (excludes halogenated alkanes) is 2. The SMILES string of the molecule is CCCCCC(C(=O)O)(C(=O)OC)C1CCC(=O)C1. The van der Waals surface area contributed by atoms with Gasteiger partial charge in [-0.3, -0.25) is 14.4 Å². The molecule has 1 N–H and O–H groups in total. The lowest BCUT2D eigenvalue weighted by Gasteiger charge is -2.32. The van der Waals surface area contributed by atoms with Crippen molar-refractivity contribution < 1.29 is 24.2 Å². The van der Waals surface area contributed by atoms with E-state index in [1.54, 1.807) is 0 Å². The maximum atomic E-state index is 12.0. The summed E-state index contributed by atoms with van der Waals surface area (Å²) in [6, 6.07) is 0. The molecule has 0 amide bonds. The third-order valence-electron chi connectivity index (χ3n) is 4.05. The minimum atomic E-state index is -1.55. The van der Waals surface area contributed by atoms with Gasteiger partial charge >= 0.3 is 11.9 Å². The number of carbonyl (C=O) groups is 3. The fourth-order valence-electron chi connectivity index (χ4n) is 2.91. The van der Waals surface area contributed by atoms with Crippen molar-refractivity contribution in [2.24, 2.45) is 11.3 Å². The Balaban J connectivity index is 3.00. The first-order chi connectivity index (χ1) is 8.98. The number of aliphatic carboxylic acids is 1. The largest absolute Gasteiger partial charge is 0.480 e. The van der Waals surface area contributed by atoms with E-state index in [-0.39, 0.29) is 18.6 Å². The molecule has 5 nitrogen and oxygen atoms in total. The molecule has 1 aliphatic rings. The number of carbonyl (C=O) groups excluding carboxylic acids is 2. The van der Waals surface area contributed by atoms with Crippen molar-refractivity contribution in [3.63, 3.8) is 0 Å². The van der Waals surface area contributed by atoms with Crippen LogP contribution in [-0.2, 0) is 19.1 Å². The summed E-state index contributed by atoms with van der Waals surface area (Å²) in [4.78, 5) is 35.2. The summed E-state index contributed by atoms with van der Waals surface area (Å²) in [5, 5.41) is 9.56. The zero-order valence-corrected chi connectivity index (χ0v) is 11.6. The van der Waals surface area contributed by atoms with Gasteiger partial charge in [0, 0.05) is 12.8 Å². The lowest BCUT2D eigenvalue weighted by atomic mass is 9.70. The van der Waals surface area contributed by atoms with Gasteiger partial charge < -0.3 is 9.84 Å². The maximum absolute atomic E-state index is 12.0. The van der Waals surface area contributed by atoms with E-state index in [1.807, 2.05) is 6.92 Å². The van der Waals surface area contributed by atoms with E-state index >= 15 is 0 Å². The second kappa shape index (κ2) is 6.68. The van der Waals surface area contributed by atoms with Gasteiger partial charge in [0.15, 0.2) is 5.41 Å². The molecule has 1 aliphatic carbocycles. The van der Waals surface area contributed by atoms with E-state index in [0.717, 1.165) is 12.8 Å². The minimum Gasteiger partial charge on any atom is -0.480 e. The third kappa shape index (κ3) is 3.14. The van der Waals surface area contributed by atoms with E-state index in [9.17, 15) is 19.5 Å². The number of esters is 1. The summed E-state index contributed by atoms with van der Waals surface area (Å²) in [6.45, 7) is 2.01. The van der Waals surface area contributed by atoms with Crippen molar-refractivity contribution in [3.8, 4) is 0 Å². The predicted octanol–water partition coefficient (Wildman–Crippen LogP) is 2.18. The van der Waals surface area contributed by atoms with Crippen molar-refractivity contribution >= 4 is 17.7 Å². The topological polar surface area (TPSA) is 80.7 Å². The molecule has 1 saturated carbocycles. The molecule has 19 heavy (non-hydrogen) atoms. The van der Waals surface area contributed by atoms with E-state index in [0.29, 0.717) is 19.3 Å². The number of carboxylic acid groups (broad SMARTS) is 1. The highest BCUT2D eigenvalue weighted by molar-refractivity contribution is 6.00. The Bertz CT molecular complexity index is 363. The molecule has 1 rings (SSSR count). The number of methoxy groups -OCH3 is 1. The van der Waals surface area contributed by atoms with Crippen LogP contribution in [0.1, 0.15) is 51.9 Å². The Morgan fingerprint density at radius 2 is 2.11 bits per heavy atom. The van der Waals surface area contributed by atoms with Crippen molar-refractivity contribution in [1.29, 1.82) is 0 Å². The molecule has 0 aromatic heterocycles. The quantitative estimate of drug-likeness (QED) is 0.435. The number of carboxylic acids is 1. The summed E-state index contributed by atoms with van der Waals surface area (Å²) in [5.74, 6) is -2.26. The predicted molar refractivity (Wildman–Crippen MR) is 68.6 cm³/mol. The normalized spacial score (nSPS) is 22.0. The molecule has 0 spiro atoms.